The van der Waals surface area contributed by atoms with Gasteiger partial charge in [-0.05, 0) is 37.5 Å². The standard InChI is InChI=1S/C16H21F3N2O3S/c1-2-8-20-15(22)12-6-9-21(10-7-12)25(23,24)14-5-3-4-13(11-14)16(17,18)19/h3-5,11-12H,2,6-10H2,1H3,(H,20,22). The van der Waals surface area contributed by atoms with Crippen molar-refractivity contribution in [2.24, 2.45) is 5.92 Å². The third kappa shape index (κ3) is 4.72. The van der Waals surface area contributed by atoms with Gasteiger partial charge in [0.05, 0.1) is 10.5 Å². The normalized spacial score (nSPS) is 17.4. The largest absolute Gasteiger partial charge is 0.416 e. The van der Waals surface area contributed by atoms with Gasteiger partial charge in [0.1, 0.15) is 0 Å². The second-order valence-corrected chi connectivity index (χ2v) is 7.93. The fourth-order valence-electron chi connectivity index (χ4n) is 2.73. The Kier molecular flexibility index (Phi) is 6.10. The van der Waals surface area contributed by atoms with E-state index in [0.717, 1.165) is 28.9 Å². The molecule has 2 rings (SSSR count). The van der Waals surface area contributed by atoms with Gasteiger partial charge in [-0.3, -0.25) is 4.79 Å². The number of sulfonamides is 1. The molecule has 140 valence electrons. The number of carbonyl (C=O) groups excluding carboxylic acids is 1. The number of rotatable bonds is 5. The van der Waals surface area contributed by atoms with Gasteiger partial charge in [0.2, 0.25) is 15.9 Å². The summed E-state index contributed by atoms with van der Waals surface area (Å²) in [5.74, 6) is -0.363. The van der Waals surface area contributed by atoms with Crippen molar-refractivity contribution in [1.82, 2.24) is 9.62 Å². The van der Waals surface area contributed by atoms with Crippen LogP contribution in [0, 0.1) is 5.92 Å². The van der Waals surface area contributed by atoms with Crippen molar-refractivity contribution in [3.63, 3.8) is 0 Å². The molecule has 0 radical (unpaired) electrons. The molecule has 1 fully saturated rings. The quantitative estimate of drug-likeness (QED) is 0.857. The Bertz CT molecular complexity index is 712. The van der Waals surface area contributed by atoms with Crippen LogP contribution in [0.5, 0.6) is 0 Å². The van der Waals surface area contributed by atoms with Crippen molar-refractivity contribution in [2.75, 3.05) is 19.6 Å². The van der Waals surface area contributed by atoms with Crippen LogP contribution in [0.25, 0.3) is 0 Å². The fraction of sp³-hybridized carbons (Fsp3) is 0.562. The Labute approximate surface area is 145 Å². The molecule has 0 bridgehead atoms. The maximum atomic E-state index is 12.8. The third-order valence-corrected chi connectivity index (χ3v) is 6.07. The van der Waals surface area contributed by atoms with Gasteiger partial charge < -0.3 is 5.32 Å². The minimum absolute atomic E-state index is 0.0991. The van der Waals surface area contributed by atoms with Crippen LogP contribution < -0.4 is 5.32 Å². The number of nitrogens with zero attached hydrogens (tertiary/aromatic N) is 1. The lowest BCUT2D eigenvalue weighted by molar-refractivity contribution is -0.137. The maximum absolute atomic E-state index is 12.8. The summed E-state index contributed by atoms with van der Waals surface area (Å²) in [4.78, 5) is 11.6. The van der Waals surface area contributed by atoms with E-state index in [-0.39, 0.29) is 29.8 Å². The molecule has 0 aromatic heterocycles. The predicted molar refractivity (Wildman–Crippen MR) is 86.2 cm³/mol. The first-order chi connectivity index (χ1) is 11.7. The molecule has 1 saturated heterocycles. The van der Waals surface area contributed by atoms with Crippen LogP contribution in [-0.2, 0) is 21.0 Å². The second kappa shape index (κ2) is 7.74. The van der Waals surface area contributed by atoms with Crippen LogP contribution in [0.15, 0.2) is 29.2 Å². The van der Waals surface area contributed by atoms with E-state index < -0.39 is 21.8 Å². The Morgan fingerprint density at radius 3 is 2.48 bits per heavy atom. The summed E-state index contributed by atoms with van der Waals surface area (Å²) in [7, 11) is -4.01. The zero-order chi connectivity index (χ0) is 18.7. The predicted octanol–water partition coefficient (Wildman–Crippen LogP) is 2.63. The monoisotopic (exact) mass is 378 g/mol. The molecule has 5 nitrogen and oxygen atoms in total. The molecule has 1 aliphatic rings. The molecule has 0 saturated carbocycles. The van der Waals surface area contributed by atoms with E-state index in [0.29, 0.717) is 25.5 Å². The highest BCUT2D eigenvalue weighted by Crippen LogP contribution is 2.32. The summed E-state index contributed by atoms with van der Waals surface area (Å²) < 4.78 is 64.7. The highest BCUT2D eigenvalue weighted by molar-refractivity contribution is 7.89. The molecule has 1 amide bonds. The summed E-state index contributed by atoms with van der Waals surface area (Å²) in [5, 5.41) is 2.78. The topological polar surface area (TPSA) is 66.5 Å². The number of benzene rings is 1. The molecule has 1 N–H and O–H groups in total. The van der Waals surface area contributed by atoms with Crippen LogP contribution in [0.2, 0.25) is 0 Å². The molecule has 9 heteroatoms. The van der Waals surface area contributed by atoms with Crippen molar-refractivity contribution >= 4 is 15.9 Å². The van der Waals surface area contributed by atoms with Gasteiger partial charge in [0.25, 0.3) is 0 Å². The van der Waals surface area contributed by atoms with Crippen molar-refractivity contribution in [3.05, 3.63) is 29.8 Å². The van der Waals surface area contributed by atoms with E-state index in [1.807, 2.05) is 6.92 Å². The van der Waals surface area contributed by atoms with Crippen LogP contribution in [0.3, 0.4) is 0 Å². The van der Waals surface area contributed by atoms with Crippen molar-refractivity contribution in [1.29, 1.82) is 0 Å². The number of hydrogen-bond donors (Lipinski definition) is 1. The smallest absolute Gasteiger partial charge is 0.356 e. The third-order valence-electron chi connectivity index (χ3n) is 4.17. The van der Waals surface area contributed by atoms with Crippen molar-refractivity contribution < 1.29 is 26.4 Å². The Hall–Kier alpha value is -1.61. The number of amides is 1. The van der Waals surface area contributed by atoms with Crippen LogP contribution in [-0.4, -0.2) is 38.3 Å². The first kappa shape index (κ1) is 19.7. The molecular weight excluding hydrogens is 357 g/mol. The lowest BCUT2D eigenvalue weighted by Gasteiger charge is -2.30. The second-order valence-electron chi connectivity index (χ2n) is 5.99. The molecule has 0 spiro atoms. The van der Waals surface area contributed by atoms with Gasteiger partial charge in [-0.25, -0.2) is 8.42 Å². The molecule has 1 aliphatic heterocycles. The molecule has 1 aromatic rings. The molecule has 25 heavy (non-hydrogen) atoms. The molecule has 1 heterocycles. The average Bonchev–Trinajstić information content (AvgIpc) is 2.59. The number of alkyl halides is 3. The number of carbonyl (C=O) groups is 1. The zero-order valence-electron chi connectivity index (χ0n) is 13.8. The van der Waals surface area contributed by atoms with Crippen molar-refractivity contribution in [3.8, 4) is 0 Å². The van der Waals surface area contributed by atoms with Crippen LogP contribution in [0.4, 0.5) is 13.2 Å². The lowest BCUT2D eigenvalue weighted by atomic mass is 9.97. The first-order valence-electron chi connectivity index (χ1n) is 8.11. The minimum Gasteiger partial charge on any atom is -0.356 e. The van der Waals surface area contributed by atoms with Gasteiger partial charge in [-0.2, -0.15) is 17.5 Å². The molecule has 0 atom stereocenters. The first-order valence-corrected chi connectivity index (χ1v) is 9.55. The molecule has 0 aliphatic carbocycles. The zero-order valence-corrected chi connectivity index (χ0v) is 14.7. The van der Waals surface area contributed by atoms with E-state index in [2.05, 4.69) is 5.32 Å². The van der Waals surface area contributed by atoms with Gasteiger partial charge in [-0.1, -0.05) is 13.0 Å². The van der Waals surface area contributed by atoms with Crippen molar-refractivity contribution in [2.45, 2.75) is 37.3 Å². The van der Waals surface area contributed by atoms with Gasteiger partial charge in [0.15, 0.2) is 0 Å². The number of nitrogens with one attached hydrogen (secondary N) is 1. The van der Waals surface area contributed by atoms with Gasteiger partial charge >= 0.3 is 6.18 Å². The van der Waals surface area contributed by atoms with Gasteiger partial charge in [0, 0.05) is 25.6 Å². The average molecular weight is 378 g/mol. The van der Waals surface area contributed by atoms with E-state index >= 15 is 0 Å². The number of hydrogen-bond acceptors (Lipinski definition) is 3. The molecule has 0 unspecified atom stereocenters. The Morgan fingerprint density at radius 2 is 1.92 bits per heavy atom. The summed E-state index contributed by atoms with van der Waals surface area (Å²) in [6.45, 7) is 2.73. The fourth-order valence-corrected chi connectivity index (χ4v) is 4.25. The number of halogens is 3. The molecular formula is C16H21F3N2O3S. The minimum atomic E-state index is -4.60. The van der Waals surface area contributed by atoms with E-state index in [9.17, 15) is 26.4 Å². The lowest BCUT2D eigenvalue weighted by Crippen LogP contribution is -2.43. The van der Waals surface area contributed by atoms with E-state index in [4.69, 9.17) is 0 Å². The van der Waals surface area contributed by atoms with Gasteiger partial charge in [-0.15, -0.1) is 0 Å². The summed E-state index contributed by atoms with van der Waals surface area (Å²) >= 11 is 0. The Morgan fingerprint density at radius 1 is 1.28 bits per heavy atom. The highest BCUT2D eigenvalue weighted by atomic mass is 32.2. The maximum Gasteiger partial charge on any atom is 0.416 e. The molecule has 1 aromatic carbocycles. The summed E-state index contributed by atoms with van der Waals surface area (Å²) in [6.07, 6.45) is -3.08. The summed E-state index contributed by atoms with van der Waals surface area (Å²) in [5.41, 5.74) is -0.998. The number of piperidine rings is 1. The van der Waals surface area contributed by atoms with Crippen LogP contribution >= 0.6 is 0 Å². The summed E-state index contributed by atoms with van der Waals surface area (Å²) in [6, 6.07) is 3.73. The van der Waals surface area contributed by atoms with E-state index in [1.165, 1.54) is 0 Å². The highest BCUT2D eigenvalue weighted by Gasteiger charge is 2.35. The van der Waals surface area contributed by atoms with E-state index in [1.54, 1.807) is 0 Å². The van der Waals surface area contributed by atoms with Crippen LogP contribution in [0.1, 0.15) is 31.7 Å². The SMILES string of the molecule is CCCNC(=O)C1CCN(S(=O)(=O)c2cccc(C(F)(F)F)c2)CC1. The Balaban J connectivity index is 2.08.